The van der Waals surface area contributed by atoms with E-state index >= 15 is 0 Å². The highest BCUT2D eigenvalue weighted by Gasteiger charge is 2.38. The zero-order chi connectivity index (χ0) is 23.3. The Morgan fingerprint density at radius 1 is 0.759 bits per heavy atom. The van der Waals surface area contributed by atoms with Gasteiger partial charge in [-0.2, -0.15) is 0 Å². The molecule has 0 rings (SSSR count). The van der Waals surface area contributed by atoms with Crippen LogP contribution in [0, 0.1) is 17.8 Å². The molecule has 5 unspecified atom stereocenters. The lowest BCUT2D eigenvalue weighted by Gasteiger charge is -2.32. The fraction of sp³-hybridized carbons (Fsp3) is 0.789. The van der Waals surface area contributed by atoms with E-state index in [4.69, 9.17) is 0 Å². The number of carboxylic acids is 2. The van der Waals surface area contributed by atoms with Gasteiger partial charge < -0.3 is 39.0 Å². The number of Topliss-reactive ketones (excluding diaryl/α,β-unsaturated/α-hetero) is 2. The third-order valence-corrected chi connectivity index (χ3v) is 4.39. The van der Waals surface area contributed by atoms with Gasteiger partial charge in [-0.15, -0.1) is 0 Å². The van der Waals surface area contributed by atoms with Gasteiger partial charge >= 0.3 is 0 Å². The molecule has 0 aromatic heterocycles. The first-order valence-electron chi connectivity index (χ1n) is 9.32. The number of quaternary nitrogens is 2. The van der Waals surface area contributed by atoms with Gasteiger partial charge in [0.25, 0.3) is 0 Å². The first-order valence-corrected chi connectivity index (χ1v) is 9.32. The Kier molecular flexibility index (Phi) is 9.58. The highest BCUT2D eigenvalue weighted by Crippen LogP contribution is 2.20. The predicted octanol–water partition coefficient (Wildman–Crippen LogP) is -3.98. The third-order valence-electron chi connectivity index (χ3n) is 4.39. The van der Waals surface area contributed by atoms with Crippen LogP contribution in [0.4, 0.5) is 0 Å². The molecule has 0 aliphatic carbocycles. The van der Waals surface area contributed by atoms with Crippen LogP contribution in [-0.4, -0.2) is 110 Å². The van der Waals surface area contributed by atoms with Gasteiger partial charge in [-0.05, 0) is 0 Å². The molecular formula is C19H34N2O8. The van der Waals surface area contributed by atoms with Crippen LogP contribution in [0.3, 0.4) is 0 Å². The Balaban J connectivity index is 5.40. The smallest absolute Gasteiger partial charge is 0.147 e. The fourth-order valence-corrected chi connectivity index (χ4v) is 3.13. The molecule has 168 valence electrons. The van der Waals surface area contributed by atoms with E-state index in [9.17, 15) is 39.6 Å². The molecule has 0 saturated carbocycles. The van der Waals surface area contributed by atoms with Crippen LogP contribution in [0.1, 0.15) is 13.3 Å². The Morgan fingerprint density at radius 3 is 1.41 bits per heavy atom. The summed E-state index contributed by atoms with van der Waals surface area (Å²) in [4.78, 5) is 47.9. The van der Waals surface area contributed by atoms with Crippen LogP contribution >= 0.6 is 0 Å². The van der Waals surface area contributed by atoms with E-state index < -0.39 is 59.9 Å². The second-order valence-electron chi connectivity index (χ2n) is 9.65. The molecule has 0 saturated heterocycles. The van der Waals surface area contributed by atoms with Crippen LogP contribution < -0.4 is 10.2 Å². The van der Waals surface area contributed by atoms with E-state index in [-0.39, 0.29) is 22.1 Å². The largest absolute Gasteiger partial charge is 0.549 e. The zero-order valence-electron chi connectivity index (χ0n) is 18.2. The average Bonchev–Trinajstić information content (AvgIpc) is 2.41. The van der Waals surface area contributed by atoms with Gasteiger partial charge in [0.2, 0.25) is 0 Å². The Hall–Kier alpha value is -1.88. The Morgan fingerprint density at radius 2 is 1.10 bits per heavy atom. The summed E-state index contributed by atoms with van der Waals surface area (Å²) in [5, 5.41) is 43.2. The first kappa shape index (κ1) is 27.1. The number of aliphatic carboxylic acids is 2. The molecule has 0 amide bonds. The van der Waals surface area contributed by atoms with E-state index in [0.717, 1.165) is 0 Å². The van der Waals surface area contributed by atoms with Crippen molar-refractivity contribution in [2.75, 3.05) is 55.4 Å². The molecule has 0 aliphatic rings. The van der Waals surface area contributed by atoms with E-state index in [0.29, 0.717) is 0 Å². The molecule has 29 heavy (non-hydrogen) atoms. The average molecular weight is 418 g/mol. The molecule has 2 N–H and O–H groups in total. The van der Waals surface area contributed by atoms with Gasteiger partial charge in [-0.1, -0.05) is 6.92 Å². The molecule has 5 atom stereocenters. The van der Waals surface area contributed by atoms with Crippen molar-refractivity contribution >= 4 is 23.5 Å². The Labute approximate surface area is 171 Å². The molecule has 0 spiro atoms. The van der Waals surface area contributed by atoms with Gasteiger partial charge in [-0.25, -0.2) is 0 Å². The highest BCUT2D eigenvalue weighted by molar-refractivity contribution is 6.03. The molecule has 10 heteroatoms. The summed E-state index contributed by atoms with van der Waals surface area (Å²) in [6.45, 7) is 1.18. The number of rotatable bonds is 13. The van der Waals surface area contributed by atoms with Gasteiger partial charge in [0.05, 0.1) is 66.1 Å². The monoisotopic (exact) mass is 418 g/mol. The summed E-state index contributed by atoms with van der Waals surface area (Å²) in [6.07, 6.45) is -3.67. The second kappa shape index (κ2) is 10.2. The summed E-state index contributed by atoms with van der Waals surface area (Å²) in [6, 6.07) is 0. The van der Waals surface area contributed by atoms with Crippen molar-refractivity contribution in [3.63, 3.8) is 0 Å². The number of carbonyl (C=O) groups is 4. The number of aliphatic hydroxyl groups excluding tert-OH is 2. The number of aliphatic hydroxyl groups is 2. The number of hydrogen-bond acceptors (Lipinski definition) is 8. The first-order chi connectivity index (χ1) is 12.9. The number of carboxylic acid groups (broad SMARTS) is 2. The predicted molar refractivity (Wildman–Crippen MR) is 98.6 cm³/mol. The van der Waals surface area contributed by atoms with Gasteiger partial charge in [-0.3, -0.25) is 9.59 Å². The maximum Gasteiger partial charge on any atom is 0.147 e. The summed E-state index contributed by atoms with van der Waals surface area (Å²) in [5.41, 5.74) is 0. The maximum absolute atomic E-state index is 12.6. The normalized spacial score (nSPS) is 17.7. The lowest BCUT2D eigenvalue weighted by Crippen LogP contribution is -2.53. The van der Waals surface area contributed by atoms with Crippen molar-refractivity contribution in [2.45, 2.75) is 25.6 Å². The standard InChI is InChI=1S/C19H34N2O8/c1-11(17(25)16(19(28)29)14(24)10-21(5,6)7)8-12(22)15(18(26)27)13(23)9-20(2,3)4/h11,13-16,23-24H,8-10H2,1-7H3. The van der Waals surface area contributed by atoms with Gasteiger partial charge in [0.15, 0.2) is 0 Å². The van der Waals surface area contributed by atoms with Crippen LogP contribution in [0.2, 0.25) is 0 Å². The zero-order valence-corrected chi connectivity index (χ0v) is 18.2. The van der Waals surface area contributed by atoms with Crippen molar-refractivity contribution in [1.82, 2.24) is 0 Å². The quantitative estimate of drug-likeness (QED) is 0.227. The number of likely N-dealkylation sites (N-methyl/N-ethyl adjacent to an activating group) is 2. The second-order valence-corrected chi connectivity index (χ2v) is 9.65. The van der Waals surface area contributed by atoms with Crippen molar-refractivity contribution in [2.24, 2.45) is 17.8 Å². The molecule has 0 aliphatic heterocycles. The molecule has 0 bridgehead atoms. The minimum atomic E-state index is -1.85. The van der Waals surface area contributed by atoms with Crippen molar-refractivity contribution in [3.05, 3.63) is 0 Å². The maximum atomic E-state index is 12.6. The summed E-state index contributed by atoms with van der Waals surface area (Å²) in [5.74, 6) is -10.3. The molecular weight excluding hydrogens is 384 g/mol. The highest BCUT2D eigenvalue weighted by atomic mass is 16.4. The SMILES string of the molecule is CC(CC(=O)C(C(=O)[O-])C(O)C[N+](C)(C)C)C(=O)C(C(=O)[O-])C(O)C[N+](C)(C)C. The lowest BCUT2D eigenvalue weighted by atomic mass is 9.83. The molecule has 0 aromatic rings. The molecule has 0 aromatic carbocycles. The van der Waals surface area contributed by atoms with Crippen molar-refractivity contribution in [1.29, 1.82) is 0 Å². The number of hydrogen-bond donors (Lipinski definition) is 2. The molecule has 0 radical (unpaired) electrons. The molecule has 0 heterocycles. The van der Waals surface area contributed by atoms with Crippen molar-refractivity contribution in [3.8, 4) is 0 Å². The minimum Gasteiger partial charge on any atom is -0.549 e. The summed E-state index contributed by atoms with van der Waals surface area (Å²) >= 11 is 0. The fourth-order valence-electron chi connectivity index (χ4n) is 3.13. The van der Waals surface area contributed by atoms with E-state index in [2.05, 4.69) is 0 Å². The number of nitrogens with zero attached hydrogens (tertiary/aromatic N) is 2. The van der Waals surface area contributed by atoms with E-state index in [1.807, 2.05) is 0 Å². The van der Waals surface area contributed by atoms with Gasteiger partial charge in [0.1, 0.15) is 36.9 Å². The van der Waals surface area contributed by atoms with Crippen LogP contribution in [0.5, 0.6) is 0 Å². The summed E-state index contributed by atoms with van der Waals surface area (Å²) < 4.78 is 0.381. The molecule has 10 nitrogen and oxygen atoms in total. The Bertz CT molecular complexity index is 621. The third kappa shape index (κ3) is 9.44. The minimum absolute atomic E-state index is 0.0450. The van der Waals surface area contributed by atoms with Crippen LogP contribution in [-0.2, 0) is 19.2 Å². The van der Waals surface area contributed by atoms with Crippen LogP contribution in [0.15, 0.2) is 0 Å². The molecule has 0 fully saturated rings. The van der Waals surface area contributed by atoms with Crippen LogP contribution in [0.25, 0.3) is 0 Å². The number of ketones is 2. The van der Waals surface area contributed by atoms with Gasteiger partial charge in [0, 0.05) is 12.3 Å². The number of carbonyl (C=O) groups excluding carboxylic acids is 4. The van der Waals surface area contributed by atoms with E-state index in [1.165, 1.54) is 6.92 Å². The lowest BCUT2D eigenvalue weighted by molar-refractivity contribution is -0.873. The summed E-state index contributed by atoms with van der Waals surface area (Å²) in [7, 11) is 10.2. The van der Waals surface area contributed by atoms with Crippen molar-refractivity contribution < 1.29 is 48.6 Å². The topological polar surface area (TPSA) is 155 Å². The van der Waals surface area contributed by atoms with E-state index in [1.54, 1.807) is 42.3 Å².